The number of carbonyl (C=O) groups is 3. The van der Waals surface area contributed by atoms with Crippen molar-refractivity contribution in [2.45, 2.75) is 38.3 Å². The van der Waals surface area contributed by atoms with Gasteiger partial charge in [0.2, 0.25) is 5.91 Å². The molecule has 0 atom stereocenters. The van der Waals surface area contributed by atoms with Gasteiger partial charge in [-0.05, 0) is 24.3 Å². The van der Waals surface area contributed by atoms with Gasteiger partial charge >= 0.3 is 12.0 Å². The SMILES string of the molecule is O=C(O)CCC(=O)NC(=O)N(Cc1cccs1)C1CC1. The molecule has 1 aliphatic rings. The van der Waals surface area contributed by atoms with Gasteiger partial charge in [-0.15, -0.1) is 11.3 Å². The lowest BCUT2D eigenvalue weighted by Crippen LogP contribution is -2.43. The molecule has 2 N–H and O–H groups in total. The van der Waals surface area contributed by atoms with Crippen LogP contribution in [0.4, 0.5) is 4.79 Å². The summed E-state index contributed by atoms with van der Waals surface area (Å²) in [5.74, 6) is -1.60. The fourth-order valence-electron chi connectivity index (χ4n) is 1.80. The summed E-state index contributed by atoms with van der Waals surface area (Å²) in [6.45, 7) is 0.486. The molecule has 0 saturated heterocycles. The van der Waals surface area contributed by atoms with Gasteiger partial charge in [-0.3, -0.25) is 14.9 Å². The molecule has 1 fully saturated rings. The summed E-state index contributed by atoms with van der Waals surface area (Å²) in [5, 5.41) is 12.7. The largest absolute Gasteiger partial charge is 0.481 e. The first-order chi connectivity index (χ1) is 9.56. The highest BCUT2D eigenvalue weighted by Crippen LogP contribution is 2.29. The van der Waals surface area contributed by atoms with Crippen molar-refractivity contribution in [2.24, 2.45) is 0 Å². The Hall–Kier alpha value is -1.89. The predicted octanol–water partition coefficient (Wildman–Crippen LogP) is 1.81. The van der Waals surface area contributed by atoms with E-state index in [2.05, 4.69) is 5.32 Å². The number of nitrogens with one attached hydrogen (secondary N) is 1. The molecule has 1 aromatic heterocycles. The molecule has 0 aliphatic heterocycles. The number of thiophene rings is 1. The molecule has 6 nitrogen and oxygen atoms in total. The molecule has 3 amide bonds. The van der Waals surface area contributed by atoms with Crippen molar-refractivity contribution in [2.75, 3.05) is 0 Å². The van der Waals surface area contributed by atoms with E-state index in [1.807, 2.05) is 17.5 Å². The van der Waals surface area contributed by atoms with E-state index in [1.54, 1.807) is 16.2 Å². The number of urea groups is 1. The van der Waals surface area contributed by atoms with Gasteiger partial charge < -0.3 is 10.0 Å². The van der Waals surface area contributed by atoms with Gasteiger partial charge in [0.05, 0.1) is 13.0 Å². The zero-order valence-electron chi connectivity index (χ0n) is 10.9. The number of amides is 3. The van der Waals surface area contributed by atoms with E-state index in [0.717, 1.165) is 17.7 Å². The minimum Gasteiger partial charge on any atom is -0.481 e. The van der Waals surface area contributed by atoms with Crippen LogP contribution in [0.5, 0.6) is 0 Å². The van der Waals surface area contributed by atoms with Gasteiger partial charge in [0.1, 0.15) is 0 Å². The third-order valence-electron chi connectivity index (χ3n) is 2.97. The number of nitrogens with zero attached hydrogens (tertiary/aromatic N) is 1. The topological polar surface area (TPSA) is 86.7 Å². The van der Waals surface area contributed by atoms with E-state index in [-0.39, 0.29) is 18.9 Å². The van der Waals surface area contributed by atoms with Crippen LogP contribution in [0.3, 0.4) is 0 Å². The molecule has 0 unspecified atom stereocenters. The van der Waals surface area contributed by atoms with E-state index >= 15 is 0 Å². The number of carboxylic acids is 1. The van der Waals surface area contributed by atoms with Gasteiger partial charge in [0.15, 0.2) is 0 Å². The highest BCUT2D eigenvalue weighted by atomic mass is 32.1. The summed E-state index contributed by atoms with van der Waals surface area (Å²) in [4.78, 5) is 36.6. The van der Waals surface area contributed by atoms with Crippen LogP contribution in [-0.4, -0.2) is 34.0 Å². The van der Waals surface area contributed by atoms with Gasteiger partial charge in [0, 0.05) is 17.3 Å². The Kier molecular flexibility index (Phi) is 4.73. The maximum atomic E-state index is 12.1. The van der Waals surface area contributed by atoms with Gasteiger partial charge in [0.25, 0.3) is 0 Å². The van der Waals surface area contributed by atoms with Crippen molar-refractivity contribution in [1.82, 2.24) is 10.2 Å². The second kappa shape index (κ2) is 6.51. The first-order valence-corrected chi connectivity index (χ1v) is 7.29. The van der Waals surface area contributed by atoms with Crippen LogP contribution < -0.4 is 5.32 Å². The molecule has 20 heavy (non-hydrogen) atoms. The third kappa shape index (κ3) is 4.34. The zero-order valence-corrected chi connectivity index (χ0v) is 11.7. The smallest absolute Gasteiger partial charge is 0.324 e. The second-order valence-electron chi connectivity index (χ2n) is 4.69. The molecule has 0 radical (unpaired) electrons. The highest BCUT2D eigenvalue weighted by Gasteiger charge is 2.33. The fraction of sp³-hybridized carbons (Fsp3) is 0.462. The van der Waals surface area contributed by atoms with Crippen LogP contribution in [0.2, 0.25) is 0 Å². The van der Waals surface area contributed by atoms with Crippen LogP contribution >= 0.6 is 11.3 Å². The summed E-state index contributed by atoms with van der Waals surface area (Å²) in [6.07, 6.45) is 1.44. The average molecular weight is 296 g/mol. The van der Waals surface area contributed by atoms with Crippen molar-refractivity contribution >= 4 is 29.2 Å². The van der Waals surface area contributed by atoms with E-state index in [4.69, 9.17) is 5.11 Å². The van der Waals surface area contributed by atoms with Crippen molar-refractivity contribution in [3.05, 3.63) is 22.4 Å². The van der Waals surface area contributed by atoms with Crippen molar-refractivity contribution in [1.29, 1.82) is 0 Å². The van der Waals surface area contributed by atoms with Gasteiger partial charge in [-0.2, -0.15) is 0 Å². The molecule has 0 spiro atoms. The fourth-order valence-corrected chi connectivity index (χ4v) is 2.50. The Morgan fingerprint density at radius 1 is 1.35 bits per heavy atom. The van der Waals surface area contributed by atoms with Crippen molar-refractivity contribution < 1.29 is 19.5 Å². The Morgan fingerprint density at radius 2 is 2.10 bits per heavy atom. The van der Waals surface area contributed by atoms with Crippen LogP contribution in [0.15, 0.2) is 17.5 Å². The molecule has 1 aromatic rings. The quantitative estimate of drug-likeness (QED) is 0.838. The molecule has 7 heteroatoms. The second-order valence-corrected chi connectivity index (χ2v) is 5.72. The third-order valence-corrected chi connectivity index (χ3v) is 3.83. The predicted molar refractivity (Wildman–Crippen MR) is 73.3 cm³/mol. The van der Waals surface area contributed by atoms with Crippen LogP contribution in [0.25, 0.3) is 0 Å². The van der Waals surface area contributed by atoms with E-state index < -0.39 is 17.9 Å². The summed E-state index contributed by atoms with van der Waals surface area (Å²) < 4.78 is 0. The molecule has 2 rings (SSSR count). The number of rotatable bonds is 6. The van der Waals surface area contributed by atoms with Gasteiger partial charge in [-0.1, -0.05) is 6.07 Å². The van der Waals surface area contributed by atoms with Gasteiger partial charge in [-0.25, -0.2) is 4.79 Å². The standard InChI is InChI=1S/C13H16N2O4S/c16-11(5-6-12(17)18)14-13(19)15(9-3-4-9)8-10-2-1-7-20-10/h1-2,7,9H,3-6,8H2,(H,17,18)(H,14,16,19). The Balaban J connectivity index is 1.87. The Morgan fingerprint density at radius 3 is 2.65 bits per heavy atom. The number of carbonyl (C=O) groups excluding carboxylic acids is 2. The molecule has 108 valence electrons. The lowest BCUT2D eigenvalue weighted by Gasteiger charge is -2.21. The molecule has 0 aromatic carbocycles. The normalized spacial score (nSPS) is 13.8. The minimum absolute atomic E-state index is 0.182. The molecular weight excluding hydrogens is 280 g/mol. The molecule has 1 heterocycles. The van der Waals surface area contributed by atoms with Crippen LogP contribution in [-0.2, 0) is 16.1 Å². The molecule has 1 saturated carbocycles. The Labute approximate surface area is 120 Å². The van der Waals surface area contributed by atoms with Crippen LogP contribution in [0.1, 0.15) is 30.6 Å². The number of hydrogen-bond acceptors (Lipinski definition) is 4. The number of hydrogen-bond donors (Lipinski definition) is 2. The van der Waals surface area contributed by atoms with E-state index in [0.29, 0.717) is 6.54 Å². The van der Waals surface area contributed by atoms with E-state index in [9.17, 15) is 14.4 Å². The summed E-state index contributed by atoms with van der Waals surface area (Å²) >= 11 is 1.56. The number of imide groups is 1. The van der Waals surface area contributed by atoms with Crippen molar-refractivity contribution in [3.8, 4) is 0 Å². The average Bonchev–Trinajstić information content (AvgIpc) is 3.10. The number of carboxylic acid groups (broad SMARTS) is 1. The van der Waals surface area contributed by atoms with Crippen molar-refractivity contribution in [3.63, 3.8) is 0 Å². The lowest BCUT2D eigenvalue weighted by atomic mass is 10.3. The maximum absolute atomic E-state index is 12.1. The number of aliphatic carboxylic acids is 1. The van der Waals surface area contributed by atoms with E-state index in [1.165, 1.54) is 0 Å². The highest BCUT2D eigenvalue weighted by molar-refractivity contribution is 7.09. The summed E-state index contributed by atoms with van der Waals surface area (Å²) in [7, 11) is 0. The zero-order chi connectivity index (χ0) is 14.5. The first kappa shape index (κ1) is 14.5. The molecular formula is C13H16N2O4S. The maximum Gasteiger partial charge on any atom is 0.324 e. The Bertz CT molecular complexity index is 496. The lowest BCUT2D eigenvalue weighted by molar-refractivity contribution is -0.138. The monoisotopic (exact) mass is 296 g/mol. The molecule has 1 aliphatic carbocycles. The first-order valence-electron chi connectivity index (χ1n) is 6.41. The summed E-state index contributed by atoms with van der Waals surface area (Å²) in [5.41, 5.74) is 0. The van der Waals surface area contributed by atoms with Crippen LogP contribution in [0, 0.1) is 0 Å². The minimum atomic E-state index is -1.05. The molecule has 0 bridgehead atoms. The summed E-state index contributed by atoms with van der Waals surface area (Å²) in [6, 6.07) is 3.61.